The molecule has 0 radical (unpaired) electrons. The lowest BCUT2D eigenvalue weighted by molar-refractivity contribution is -0.138. The Morgan fingerprint density at radius 2 is 1.96 bits per heavy atom. The number of nitrogens with one attached hydrogen (secondary N) is 1. The van der Waals surface area contributed by atoms with Crippen molar-refractivity contribution in [2.75, 3.05) is 26.6 Å². The Hall–Kier alpha value is -3.88. The zero-order valence-corrected chi connectivity index (χ0v) is 15.4. The van der Waals surface area contributed by atoms with E-state index in [-0.39, 0.29) is 5.70 Å². The second kappa shape index (κ2) is 8.21. The SMILES string of the molecule is COC(=O)/C=C(/Nc1cc(-c2nc3ncccc3o2)ccc1OC)C(=O)OC. The zero-order valence-electron chi connectivity index (χ0n) is 15.4. The molecule has 0 bridgehead atoms. The molecule has 0 aliphatic heterocycles. The van der Waals surface area contributed by atoms with E-state index < -0.39 is 11.9 Å². The number of oxazole rings is 1. The number of hydrogen-bond donors (Lipinski definition) is 1. The van der Waals surface area contributed by atoms with Gasteiger partial charge in [0.2, 0.25) is 5.89 Å². The molecule has 0 aliphatic rings. The number of ether oxygens (including phenoxy) is 3. The molecule has 0 unspecified atom stereocenters. The smallest absolute Gasteiger partial charge is 0.354 e. The molecule has 3 aromatic rings. The number of fused-ring (bicyclic) bond motifs is 1. The van der Waals surface area contributed by atoms with Crippen molar-refractivity contribution in [2.24, 2.45) is 0 Å². The van der Waals surface area contributed by atoms with E-state index >= 15 is 0 Å². The Kier molecular flexibility index (Phi) is 5.54. The molecule has 0 saturated carbocycles. The number of nitrogens with zero attached hydrogens (tertiary/aromatic N) is 2. The van der Waals surface area contributed by atoms with Gasteiger partial charge < -0.3 is 23.9 Å². The van der Waals surface area contributed by atoms with Crippen LogP contribution in [-0.4, -0.2) is 43.2 Å². The summed E-state index contributed by atoms with van der Waals surface area (Å²) in [5, 5.41) is 2.83. The van der Waals surface area contributed by atoms with Gasteiger partial charge in [0.15, 0.2) is 11.2 Å². The van der Waals surface area contributed by atoms with Crippen molar-refractivity contribution in [2.45, 2.75) is 0 Å². The van der Waals surface area contributed by atoms with Gasteiger partial charge >= 0.3 is 11.9 Å². The minimum atomic E-state index is -0.746. The van der Waals surface area contributed by atoms with E-state index in [9.17, 15) is 9.59 Å². The molecule has 0 fully saturated rings. The van der Waals surface area contributed by atoms with Gasteiger partial charge in [0.1, 0.15) is 11.4 Å². The number of carbonyl (C=O) groups excluding carboxylic acids is 2. The van der Waals surface area contributed by atoms with Crippen LogP contribution in [-0.2, 0) is 19.1 Å². The second-order valence-corrected chi connectivity index (χ2v) is 5.46. The maximum atomic E-state index is 12.0. The third kappa shape index (κ3) is 3.93. The maximum Gasteiger partial charge on any atom is 0.354 e. The molecule has 0 atom stereocenters. The van der Waals surface area contributed by atoms with Crippen LogP contribution < -0.4 is 10.1 Å². The standard InChI is InChI=1S/C19H17N3O6/c1-25-14-7-6-11(18-22-17-15(28-18)5-4-8-20-17)9-12(14)21-13(19(24)27-3)10-16(23)26-2/h4-10,21H,1-3H3/b13-10+. The van der Waals surface area contributed by atoms with Crippen LogP contribution >= 0.6 is 0 Å². The quantitative estimate of drug-likeness (QED) is 0.507. The minimum absolute atomic E-state index is 0.121. The average Bonchev–Trinajstić information content (AvgIpc) is 3.16. The second-order valence-electron chi connectivity index (χ2n) is 5.46. The number of anilines is 1. The highest BCUT2D eigenvalue weighted by Crippen LogP contribution is 2.32. The number of esters is 2. The lowest BCUT2D eigenvalue weighted by atomic mass is 10.1. The Balaban J connectivity index is 2.01. The molecule has 9 nitrogen and oxygen atoms in total. The number of hydrogen-bond acceptors (Lipinski definition) is 9. The lowest BCUT2D eigenvalue weighted by Gasteiger charge is -2.13. The molecule has 28 heavy (non-hydrogen) atoms. The number of rotatable bonds is 6. The summed E-state index contributed by atoms with van der Waals surface area (Å²) in [7, 11) is 3.88. The van der Waals surface area contributed by atoms with Crippen molar-refractivity contribution in [3.8, 4) is 17.2 Å². The highest BCUT2D eigenvalue weighted by Gasteiger charge is 2.17. The van der Waals surface area contributed by atoms with Gasteiger partial charge in [-0.3, -0.25) is 0 Å². The van der Waals surface area contributed by atoms with Crippen LogP contribution in [0.25, 0.3) is 22.7 Å². The summed E-state index contributed by atoms with van der Waals surface area (Å²) in [4.78, 5) is 32.1. The highest BCUT2D eigenvalue weighted by atomic mass is 16.5. The van der Waals surface area contributed by atoms with Gasteiger partial charge in [-0.05, 0) is 30.3 Å². The first-order valence-electron chi connectivity index (χ1n) is 8.10. The summed E-state index contributed by atoms with van der Waals surface area (Å²) in [6.45, 7) is 0. The van der Waals surface area contributed by atoms with Gasteiger partial charge in [0, 0.05) is 11.8 Å². The number of methoxy groups -OCH3 is 3. The maximum absolute atomic E-state index is 12.0. The first kappa shape index (κ1) is 18.9. The van der Waals surface area contributed by atoms with Gasteiger partial charge in [-0.2, -0.15) is 4.98 Å². The average molecular weight is 383 g/mol. The molecule has 0 spiro atoms. The summed E-state index contributed by atoms with van der Waals surface area (Å²) in [6, 6.07) is 8.59. The summed E-state index contributed by atoms with van der Waals surface area (Å²) in [6.07, 6.45) is 2.61. The molecule has 0 amide bonds. The predicted octanol–water partition coefficient (Wildman–Crippen LogP) is 2.54. The van der Waals surface area contributed by atoms with E-state index in [2.05, 4.69) is 20.0 Å². The fraction of sp³-hybridized carbons (Fsp3) is 0.158. The zero-order chi connectivity index (χ0) is 20.1. The number of benzene rings is 1. The fourth-order valence-electron chi connectivity index (χ4n) is 2.41. The van der Waals surface area contributed by atoms with Crippen molar-refractivity contribution in [1.82, 2.24) is 9.97 Å². The summed E-state index contributed by atoms with van der Waals surface area (Å²) in [5.74, 6) is -0.689. The van der Waals surface area contributed by atoms with Crippen LogP contribution in [0.1, 0.15) is 0 Å². The van der Waals surface area contributed by atoms with Crippen molar-refractivity contribution >= 4 is 28.9 Å². The lowest BCUT2D eigenvalue weighted by Crippen LogP contribution is -2.16. The molecular formula is C19H17N3O6. The van der Waals surface area contributed by atoms with E-state index in [1.165, 1.54) is 21.3 Å². The van der Waals surface area contributed by atoms with E-state index in [0.717, 1.165) is 6.08 Å². The Bertz CT molecular complexity index is 1020. The number of pyridine rings is 1. The molecule has 1 aromatic carbocycles. The van der Waals surface area contributed by atoms with E-state index in [0.29, 0.717) is 34.1 Å². The summed E-state index contributed by atoms with van der Waals surface area (Å²) >= 11 is 0. The molecule has 2 heterocycles. The van der Waals surface area contributed by atoms with Gasteiger partial charge in [-0.25, -0.2) is 14.6 Å². The monoisotopic (exact) mass is 383 g/mol. The molecule has 0 saturated heterocycles. The molecule has 0 aliphatic carbocycles. The third-order valence-electron chi connectivity index (χ3n) is 3.75. The molecule has 144 valence electrons. The third-order valence-corrected chi connectivity index (χ3v) is 3.75. The Labute approximate surface area is 159 Å². The number of aromatic nitrogens is 2. The number of carbonyl (C=O) groups is 2. The van der Waals surface area contributed by atoms with E-state index in [1.54, 1.807) is 36.5 Å². The fourth-order valence-corrected chi connectivity index (χ4v) is 2.41. The van der Waals surface area contributed by atoms with Gasteiger partial charge in [-0.15, -0.1) is 0 Å². The van der Waals surface area contributed by atoms with Crippen LogP contribution in [0.2, 0.25) is 0 Å². The van der Waals surface area contributed by atoms with E-state index in [4.69, 9.17) is 13.9 Å². The minimum Gasteiger partial charge on any atom is -0.495 e. The normalized spacial score (nSPS) is 11.2. The van der Waals surface area contributed by atoms with Crippen LogP contribution in [0.4, 0.5) is 5.69 Å². The van der Waals surface area contributed by atoms with Crippen molar-refractivity contribution < 1.29 is 28.2 Å². The predicted molar refractivity (Wildman–Crippen MR) is 99.5 cm³/mol. The molecular weight excluding hydrogens is 366 g/mol. The molecule has 3 rings (SSSR count). The summed E-state index contributed by atoms with van der Waals surface area (Å²) in [5.41, 5.74) is 1.91. The van der Waals surface area contributed by atoms with Crippen LogP contribution in [0.15, 0.2) is 52.7 Å². The van der Waals surface area contributed by atoms with Crippen molar-refractivity contribution in [1.29, 1.82) is 0 Å². The van der Waals surface area contributed by atoms with Gasteiger partial charge in [-0.1, -0.05) is 0 Å². The van der Waals surface area contributed by atoms with Crippen LogP contribution in [0.5, 0.6) is 5.75 Å². The van der Waals surface area contributed by atoms with E-state index in [1.807, 2.05) is 0 Å². The molecule has 1 N–H and O–H groups in total. The van der Waals surface area contributed by atoms with Gasteiger partial charge in [0.25, 0.3) is 0 Å². The highest BCUT2D eigenvalue weighted by molar-refractivity contribution is 5.99. The topological polar surface area (TPSA) is 113 Å². The Morgan fingerprint density at radius 3 is 2.64 bits per heavy atom. The largest absolute Gasteiger partial charge is 0.495 e. The van der Waals surface area contributed by atoms with Crippen LogP contribution in [0, 0.1) is 0 Å². The van der Waals surface area contributed by atoms with Gasteiger partial charge in [0.05, 0.1) is 33.1 Å². The Morgan fingerprint density at radius 1 is 1.14 bits per heavy atom. The van der Waals surface area contributed by atoms with Crippen molar-refractivity contribution in [3.63, 3.8) is 0 Å². The van der Waals surface area contributed by atoms with Crippen molar-refractivity contribution in [3.05, 3.63) is 48.3 Å². The first-order chi connectivity index (χ1) is 13.5. The van der Waals surface area contributed by atoms with Crippen LogP contribution in [0.3, 0.4) is 0 Å². The molecule has 9 heteroatoms. The molecule has 2 aromatic heterocycles. The first-order valence-corrected chi connectivity index (χ1v) is 8.10. The summed E-state index contributed by atoms with van der Waals surface area (Å²) < 4.78 is 20.3.